The fraction of sp³-hybridized carbons (Fsp3) is 0.476. The van der Waals surface area contributed by atoms with E-state index in [1.54, 1.807) is 0 Å². The first kappa shape index (κ1) is 38.5. The highest BCUT2D eigenvalue weighted by atomic mass is 16.3. The number of carbonyl (C=O) groups is 2. The van der Waals surface area contributed by atoms with E-state index in [1.807, 2.05) is 71.9 Å². The highest BCUT2D eigenvalue weighted by molar-refractivity contribution is 6.00. The van der Waals surface area contributed by atoms with E-state index in [-0.39, 0.29) is 23.3 Å². The first-order chi connectivity index (χ1) is 23.2. The van der Waals surface area contributed by atoms with Gasteiger partial charge in [-0.05, 0) is 65.6 Å². The molecule has 0 radical (unpaired) electrons. The number of carbonyl (C=O) groups excluding carboxylic acids is 2. The van der Waals surface area contributed by atoms with Crippen LogP contribution in [0.1, 0.15) is 110 Å². The molecule has 1 atom stereocenters. The zero-order valence-electron chi connectivity index (χ0n) is 30.9. The van der Waals surface area contributed by atoms with Gasteiger partial charge >= 0.3 is 0 Å². The van der Waals surface area contributed by atoms with Crippen LogP contribution in [0.4, 0.5) is 0 Å². The maximum atomic E-state index is 14.1. The third-order valence-electron chi connectivity index (χ3n) is 8.76. The number of rotatable bonds is 9. The Morgan fingerprint density at radius 1 is 0.833 bits per heavy atom. The second-order valence-corrected chi connectivity index (χ2v) is 13.1. The SMILES string of the molecule is CC.CC.CC.CC(C)(C)CNC(=O)C1(CCCCN2CCC(NC(=O)c3cc4ccccc4o3)C2)c2ccccc2-c2ccccc21. The van der Waals surface area contributed by atoms with Crippen LogP contribution in [0.15, 0.2) is 83.3 Å². The normalized spacial score (nSPS) is 15.8. The zero-order chi connectivity index (χ0) is 35.3. The van der Waals surface area contributed by atoms with E-state index in [0.717, 1.165) is 67.4 Å². The van der Waals surface area contributed by atoms with Crippen molar-refractivity contribution in [3.63, 3.8) is 0 Å². The van der Waals surface area contributed by atoms with Gasteiger partial charge in [0.1, 0.15) is 11.0 Å². The van der Waals surface area contributed by atoms with Crippen molar-refractivity contribution < 1.29 is 14.0 Å². The number of nitrogens with zero attached hydrogens (tertiary/aromatic N) is 1. The molecule has 2 N–H and O–H groups in total. The lowest BCUT2D eigenvalue weighted by molar-refractivity contribution is -0.126. The van der Waals surface area contributed by atoms with Crippen LogP contribution in [0.5, 0.6) is 0 Å². The molecule has 1 aromatic heterocycles. The highest BCUT2D eigenvalue weighted by Gasteiger charge is 2.48. The van der Waals surface area contributed by atoms with Crippen molar-refractivity contribution in [3.8, 4) is 11.1 Å². The van der Waals surface area contributed by atoms with E-state index in [9.17, 15) is 9.59 Å². The maximum Gasteiger partial charge on any atom is 0.287 e. The van der Waals surface area contributed by atoms with Gasteiger partial charge in [-0.1, -0.05) is 135 Å². The van der Waals surface area contributed by atoms with Gasteiger partial charge in [0.05, 0.1) is 0 Å². The third-order valence-corrected chi connectivity index (χ3v) is 8.76. The molecule has 0 spiro atoms. The quantitative estimate of drug-likeness (QED) is 0.177. The van der Waals surface area contributed by atoms with Gasteiger partial charge in [-0.2, -0.15) is 0 Å². The molecule has 6 heteroatoms. The second kappa shape index (κ2) is 18.0. The van der Waals surface area contributed by atoms with E-state index >= 15 is 0 Å². The van der Waals surface area contributed by atoms with Crippen LogP contribution in [-0.2, 0) is 10.2 Å². The minimum absolute atomic E-state index is 0.000606. The lowest BCUT2D eigenvalue weighted by atomic mass is 9.73. The highest BCUT2D eigenvalue weighted by Crippen LogP contribution is 2.51. The summed E-state index contributed by atoms with van der Waals surface area (Å²) in [5.41, 5.74) is 4.61. The third kappa shape index (κ3) is 8.76. The average Bonchev–Trinajstić information content (AvgIpc) is 3.83. The van der Waals surface area contributed by atoms with E-state index in [2.05, 4.69) is 84.8 Å². The molecule has 4 aromatic rings. The van der Waals surface area contributed by atoms with Gasteiger partial charge < -0.3 is 20.0 Å². The summed E-state index contributed by atoms with van der Waals surface area (Å²) in [6.45, 7) is 21.8. The number of amides is 2. The summed E-state index contributed by atoms with van der Waals surface area (Å²) in [5.74, 6) is 0.311. The topological polar surface area (TPSA) is 74.6 Å². The van der Waals surface area contributed by atoms with Crippen LogP contribution in [0, 0.1) is 5.41 Å². The van der Waals surface area contributed by atoms with Crippen molar-refractivity contribution in [2.75, 3.05) is 26.2 Å². The number of likely N-dealkylation sites (tertiary alicyclic amines) is 1. The van der Waals surface area contributed by atoms with Crippen LogP contribution >= 0.6 is 0 Å². The predicted octanol–water partition coefficient (Wildman–Crippen LogP) is 9.61. The Balaban J connectivity index is 0.000000987. The van der Waals surface area contributed by atoms with E-state index in [0.29, 0.717) is 12.3 Å². The minimum Gasteiger partial charge on any atom is -0.451 e. The summed E-state index contributed by atoms with van der Waals surface area (Å²) in [4.78, 5) is 29.4. The van der Waals surface area contributed by atoms with E-state index in [1.165, 1.54) is 11.1 Å². The van der Waals surface area contributed by atoms with Crippen LogP contribution in [0.2, 0.25) is 0 Å². The second-order valence-electron chi connectivity index (χ2n) is 13.1. The molecule has 3 aromatic carbocycles. The van der Waals surface area contributed by atoms with Crippen LogP contribution < -0.4 is 10.6 Å². The van der Waals surface area contributed by atoms with Crippen molar-refractivity contribution in [2.24, 2.45) is 5.41 Å². The van der Waals surface area contributed by atoms with Crippen molar-refractivity contribution in [1.82, 2.24) is 15.5 Å². The molecule has 260 valence electrons. The number of hydrogen-bond donors (Lipinski definition) is 2. The average molecular weight is 654 g/mol. The number of unbranched alkanes of at least 4 members (excludes halogenated alkanes) is 1. The van der Waals surface area contributed by atoms with Gasteiger partial charge in [0, 0.05) is 31.1 Å². The van der Waals surface area contributed by atoms with Crippen LogP contribution in [0.3, 0.4) is 0 Å². The molecule has 48 heavy (non-hydrogen) atoms. The molecule has 0 bridgehead atoms. The Morgan fingerprint density at radius 3 is 2.02 bits per heavy atom. The monoisotopic (exact) mass is 653 g/mol. The van der Waals surface area contributed by atoms with E-state index < -0.39 is 5.41 Å². The Morgan fingerprint density at radius 2 is 1.42 bits per heavy atom. The first-order valence-corrected chi connectivity index (χ1v) is 18.2. The molecule has 1 aliphatic carbocycles. The first-order valence-electron chi connectivity index (χ1n) is 18.2. The number of benzene rings is 3. The minimum atomic E-state index is -0.688. The molecule has 0 saturated carbocycles. The number of hydrogen-bond acceptors (Lipinski definition) is 4. The molecule has 1 unspecified atom stereocenters. The maximum absolute atomic E-state index is 14.1. The fourth-order valence-corrected chi connectivity index (χ4v) is 6.68. The molecule has 6 nitrogen and oxygen atoms in total. The molecule has 6 rings (SSSR count). The Labute approximate surface area is 289 Å². The van der Waals surface area contributed by atoms with Gasteiger partial charge in [-0.15, -0.1) is 0 Å². The Kier molecular flexibility index (Phi) is 14.5. The van der Waals surface area contributed by atoms with Crippen molar-refractivity contribution in [1.29, 1.82) is 0 Å². The van der Waals surface area contributed by atoms with Gasteiger partial charge in [0.2, 0.25) is 5.91 Å². The van der Waals surface area contributed by atoms with Crippen LogP contribution in [0.25, 0.3) is 22.1 Å². The predicted molar refractivity (Wildman–Crippen MR) is 202 cm³/mol. The lowest BCUT2D eigenvalue weighted by Gasteiger charge is -2.32. The smallest absolute Gasteiger partial charge is 0.287 e. The molecular weight excluding hydrogens is 594 g/mol. The summed E-state index contributed by atoms with van der Waals surface area (Å²) >= 11 is 0. The summed E-state index contributed by atoms with van der Waals surface area (Å²) in [6.07, 6.45) is 3.60. The summed E-state index contributed by atoms with van der Waals surface area (Å²) < 4.78 is 5.75. The number of furan rings is 1. The van der Waals surface area contributed by atoms with Crippen molar-refractivity contribution in [2.45, 2.75) is 99.5 Å². The Hall–Kier alpha value is -3.90. The van der Waals surface area contributed by atoms with E-state index in [4.69, 9.17) is 4.42 Å². The zero-order valence-corrected chi connectivity index (χ0v) is 30.9. The fourth-order valence-electron chi connectivity index (χ4n) is 6.68. The van der Waals surface area contributed by atoms with Gasteiger partial charge in [0.15, 0.2) is 5.76 Å². The standard InChI is InChI=1S/C36H41N3O3.3C2H6/c1-35(2,3)24-37-34(41)36(29-15-7-5-13-27(29)28-14-6-8-16-30(28)36)19-10-11-20-39-21-18-26(23-39)38-33(40)32-22-25-12-4-9-17-31(25)42-32;3*1-2/h4-9,12-17,22,26H,10-11,18-21,23-24H2,1-3H3,(H,37,41)(H,38,40);3*1-2H3. The van der Waals surface area contributed by atoms with Crippen molar-refractivity contribution in [3.05, 3.63) is 95.7 Å². The largest absolute Gasteiger partial charge is 0.451 e. The van der Waals surface area contributed by atoms with Crippen LogP contribution in [-0.4, -0.2) is 48.9 Å². The summed E-state index contributed by atoms with van der Waals surface area (Å²) in [5, 5.41) is 7.42. The molecule has 1 saturated heterocycles. The number of fused-ring (bicyclic) bond motifs is 4. The number of nitrogens with one attached hydrogen (secondary N) is 2. The molecular formula is C42H59N3O3. The lowest BCUT2D eigenvalue weighted by Crippen LogP contribution is -2.46. The number of para-hydroxylation sites is 1. The van der Waals surface area contributed by atoms with Gasteiger partial charge in [-0.25, -0.2) is 0 Å². The van der Waals surface area contributed by atoms with Crippen molar-refractivity contribution >= 4 is 22.8 Å². The summed E-state index contributed by atoms with van der Waals surface area (Å²) in [7, 11) is 0. The molecule has 1 fully saturated rings. The molecule has 2 amide bonds. The molecule has 2 aliphatic rings. The molecule has 2 heterocycles. The Bertz CT molecular complexity index is 1520. The summed E-state index contributed by atoms with van der Waals surface area (Å²) in [6, 6.07) is 26.4. The van der Waals surface area contributed by atoms with Gasteiger partial charge in [-0.3, -0.25) is 9.59 Å². The van der Waals surface area contributed by atoms with Gasteiger partial charge in [0.25, 0.3) is 5.91 Å². The molecule has 1 aliphatic heterocycles.